The van der Waals surface area contributed by atoms with E-state index in [9.17, 15) is 14.4 Å². The van der Waals surface area contributed by atoms with Crippen molar-refractivity contribution in [1.29, 1.82) is 0 Å². The maximum absolute atomic E-state index is 10.6. The lowest BCUT2D eigenvalue weighted by Crippen LogP contribution is -2.26. The summed E-state index contributed by atoms with van der Waals surface area (Å²) in [6, 6.07) is 0. The summed E-state index contributed by atoms with van der Waals surface area (Å²) in [6.45, 7) is 0.144. The molecule has 7 heteroatoms. The monoisotopic (exact) mass is 184 g/mol. The molecule has 0 unspecified atom stereocenters. The normalized spacial score (nSPS) is 15.2. The zero-order chi connectivity index (χ0) is 9.84. The van der Waals surface area contributed by atoms with Crippen LogP contribution < -0.4 is 16.4 Å². The highest BCUT2D eigenvalue weighted by Crippen LogP contribution is 1.85. The van der Waals surface area contributed by atoms with Gasteiger partial charge in [-0.2, -0.15) is 0 Å². The molecule has 0 aromatic rings. The molecule has 1 rings (SSSR count). The lowest BCUT2D eigenvalue weighted by atomic mass is 10.4. The van der Waals surface area contributed by atoms with Gasteiger partial charge in [0, 0.05) is 6.42 Å². The molecule has 0 spiro atoms. The molecule has 1 fully saturated rings. The first kappa shape index (κ1) is 9.17. The summed E-state index contributed by atoms with van der Waals surface area (Å²) in [6.07, 6.45) is 0.0786. The van der Waals surface area contributed by atoms with Gasteiger partial charge in [0.25, 0.3) is 0 Å². The Bertz CT molecular complexity index is 278. The van der Waals surface area contributed by atoms with Gasteiger partial charge >= 0.3 is 11.8 Å². The molecular weight excluding hydrogens is 176 g/mol. The average Bonchev–Trinajstić information content (AvgIpc) is 2.30. The standard InChI is InChI=1S/C6H8N4O3/c7-3(11)1-2-8-6-9-4(12)5(13)10-6/h1-2H2,(H2,7,11)(H2,8,9,10,12,13). The summed E-state index contributed by atoms with van der Waals surface area (Å²) in [7, 11) is 0. The second kappa shape index (κ2) is 3.65. The van der Waals surface area contributed by atoms with Crippen LogP contribution in [0.25, 0.3) is 0 Å². The summed E-state index contributed by atoms with van der Waals surface area (Å²) in [4.78, 5) is 35.2. The van der Waals surface area contributed by atoms with Gasteiger partial charge in [0.15, 0.2) is 0 Å². The minimum Gasteiger partial charge on any atom is -0.370 e. The Morgan fingerprint density at radius 1 is 1.31 bits per heavy atom. The molecule has 0 aromatic carbocycles. The zero-order valence-corrected chi connectivity index (χ0v) is 6.66. The van der Waals surface area contributed by atoms with Crippen LogP contribution >= 0.6 is 0 Å². The van der Waals surface area contributed by atoms with E-state index in [1.54, 1.807) is 0 Å². The second-order valence-corrected chi connectivity index (χ2v) is 2.35. The van der Waals surface area contributed by atoms with E-state index in [1.165, 1.54) is 0 Å². The maximum atomic E-state index is 10.6. The number of guanidine groups is 1. The molecule has 1 heterocycles. The fourth-order valence-corrected chi connectivity index (χ4v) is 0.717. The van der Waals surface area contributed by atoms with Crippen molar-refractivity contribution in [3.8, 4) is 0 Å². The number of hydrogen-bond donors (Lipinski definition) is 3. The van der Waals surface area contributed by atoms with Crippen LogP contribution in [-0.4, -0.2) is 30.2 Å². The highest BCUT2D eigenvalue weighted by Gasteiger charge is 2.24. The van der Waals surface area contributed by atoms with Crippen LogP contribution in [0.5, 0.6) is 0 Å². The van der Waals surface area contributed by atoms with Crippen molar-refractivity contribution in [1.82, 2.24) is 10.6 Å². The minimum atomic E-state index is -0.752. The minimum absolute atomic E-state index is 0.0660. The van der Waals surface area contributed by atoms with Gasteiger partial charge in [-0.15, -0.1) is 0 Å². The summed E-state index contributed by atoms with van der Waals surface area (Å²) in [5, 5.41) is 4.35. The van der Waals surface area contributed by atoms with E-state index < -0.39 is 17.7 Å². The van der Waals surface area contributed by atoms with Gasteiger partial charge in [-0.1, -0.05) is 0 Å². The lowest BCUT2D eigenvalue weighted by Gasteiger charge is -1.94. The summed E-state index contributed by atoms with van der Waals surface area (Å²) >= 11 is 0. The van der Waals surface area contributed by atoms with Crippen LogP contribution in [-0.2, 0) is 14.4 Å². The second-order valence-electron chi connectivity index (χ2n) is 2.35. The van der Waals surface area contributed by atoms with Gasteiger partial charge in [-0.3, -0.25) is 30.0 Å². The van der Waals surface area contributed by atoms with Crippen molar-refractivity contribution in [2.75, 3.05) is 6.54 Å². The number of aliphatic imine (C=N–C) groups is 1. The van der Waals surface area contributed by atoms with Gasteiger partial charge in [-0.25, -0.2) is 0 Å². The number of nitrogens with zero attached hydrogens (tertiary/aromatic N) is 1. The number of amides is 3. The van der Waals surface area contributed by atoms with Crippen molar-refractivity contribution < 1.29 is 14.4 Å². The largest absolute Gasteiger partial charge is 0.370 e. The topological polar surface area (TPSA) is 114 Å². The smallest absolute Gasteiger partial charge is 0.316 e. The fourth-order valence-electron chi connectivity index (χ4n) is 0.717. The average molecular weight is 184 g/mol. The number of rotatable bonds is 3. The Hall–Kier alpha value is -1.92. The Kier molecular flexibility index (Phi) is 2.58. The molecule has 0 aliphatic carbocycles. The van der Waals surface area contributed by atoms with Crippen LogP contribution in [0.1, 0.15) is 6.42 Å². The molecule has 4 N–H and O–H groups in total. The Labute approximate surface area is 73.4 Å². The summed E-state index contributed by atoms with van der Waals surface area (Å²) in [5.41, 5.74) is 4.85. The van der Waals surface area contributed by atoms with Gasteiger partial charge in [-0.05, 0) is 0 Å². The predicted octanol–water partition coefficient (Wildman–Crippen LogP) is -2.54. The summed E-state index contributed by atoms with van der Waals surface area (Å²) in [5.74, 6) is -1.92. The predicted molar refractivity (Wildman–Crippen MR) is 42.4 cm³/mol. The molecule has 3 amide bonds. The molecule has 1 aliphatic rings. The molecule has 0 radical (unpaired) electrons. The summed E-state index contributed by atoms with van der Waals surface area (Å²) < 4.78 is 0. The SMILES string of the molecule is NC(=O)CCN=C1NC(=O)C(=O)N1. The Balaban J connectivity index is 2.41. The van der Waals surface area contributed by atoms with E-state index >= 15 is 0 Å². The quantitative estimate of drug-likeness (QED) is 0.420. The van der Waals surface area contributed by atoms with E-state index in [4.69, 9.17) is 5.73 Å². The Morgan fingerprint density at radius 3 is 2.31 bits per heavy atom. The highest BCUT2D eigenvalue weighted by atomic mass is 16.2. The van der Waals surface area contributed by atoms with Crippen LogP contribution in [0.2, 0.25) is 0 Å². The van der Waals surface area contributed by atoms with Crippen molar-refractivity contribution in [2.24, 2.45) is 10.7 Å². The molecule has 0 saturated carbocycles. The maximum Gasteiger partial charge on any atom is 0.316 e. The van der Waals surface area contributed by atoms with Gasteiger partial charge in [0.05, 0.1) is 6.54 Å². The molecule has 0 atom stereocenters. The van der Waals surface area contributed by atoms with Gasteiger partial charge in [0.2, 0.25) is 11.9 Å². The van der Waals surface area contributed by atoms with E-state index in [2.05, 4.69) is 15.6 Å². The third kappa shape index (κ3) is 2.55. The molecule has 7 nitrogen and oxygen atoms in total. The van der Waals surface area contributed by atoms with E-state index in [-0.39, 0.29) is 18.9 Å². The number of hydrogen-bond acceptors (Lipinski definition) is 4. The van der Waals surface area contributed by atoms with Gasteiger partial charge < -0.3 is 5.73 Å². The molecular formula is C6H8N4O3. The number of primary amides is 1. The molecule has 70 valence electrons. The third-order valence-corrected chi connectivity index (χ3v) is 1.30. The molecule has 0 bridgehead atoms. The lowest BCUT2D eigenvalue weighted by molar-refractivity contribution is -0.135. The Morgan fingerprint density at radius 2 is 1.85 bits per heavy atom. The van der Waals surface area contributed by atoms with E-state index in [0.29, 0.717) is 0 Å². The number of nitrogens with two attached hydrogens (primary N) is 1. The van der Waals surface area contributed by atoms with Crippen molar-refractivity contribution >= 4 is 23.7 Å². The first-order chi connectivity index (χ1) is 6.09. The number of carbonyl (C=O) groups excluding carboxylic acids is 3. The first-order valence-corrected chi connectivity index (χ1v) is 3.54. The van der Waals surface area contributed by atoms with Crippen LogP contribution in [0, 0.1) is 0 Å². The van der Waals surface area contributed by atoms with Crippen molar-refractivity contribution in [2.45, 2.75) is 6.42 Å². The van der Waals surface area contributed by atoms with E-state index in [1.807, 2.05) is 0 Å². The number of nitrogens with one attached hydrogen (secondary N) is 2. The van der Waals surface area contributed by atoms with Crippen LogP contribution in [0.15, 0.2) is 4.99 Å². The third-order valence-electron chi connectivity index (χ3n) is 1.30. The molecule has 1 saturated heterocycles. The fraction of sp³-hybridized carbons (Fsp3) is 0.333. The van der Waals surface area contributed by atoms with E-state index in [0.717, 1.165) is 0 Å². The van der Waals surface area contributed by atoms with Crippen LogP contribution in [0.3, 0.4) is 0 Å². The number of carbonyl (C=O) groups is 3. The van der Waals surface area contributed by atoms with Gasteiger partial charge in [0.1, 0.15) is 0 Å². The highest BCUT2D eigenvalue weighted by molar-refractivity contribution is 6.45. The van der Waals surface area contributed by atoms with Crippen molar-refractivity contribution in [3.63, 3.8) is 0 Å². The van der Waals surface area contributed by atoms with Crippen LogP contribution in [0.4, 0.5) is 0 Å². The molecule has 13 heavy (non-hydrogen) atoms. The zero-order valence-electron chi connectivity index (χ0n) is 6.66. The molecule has 0 aromatic heterocycles. The first-order valence-electron chi connectivity index (χ1n) is 3.54. The van der Waals surface area contributed by atoms with Crippen molar-refractivity contribution in [3.05, 3.63) is 0 Å². The molecule has 1 aliphatic heterocycles.